The van der Waals surface area contributed by atoms with Crippen molar-refractivity contribution >= 4 is 21.8 Å². The molecule has 0 atom stereocenters. The molecule has 0 radical (unpaired) electrons. The van der Waals surface area contributed by atoms with Gasteiger partial charge in [-0.1, -0.05) is 12.1 Å². The number of carbonyl (C=O) groups excluding carboxylic acids is 2. The molecule has 1 N–H and O–H groups in total. The molecule has 0 bridgehead atoms. The average molecular weight is 437 g/mol. The summed E-state index contributed by atoms with van der Waals surface area (Å²) in [6, 6.07) is 7.39. The molecule has 1 aromatic rings. The van der Waals surface area contributed by atoms with E-state index in [0.29, 0.717) is 12.3 Å². The second kappa shape index (κ2) is 8.55. The van der Waals surface area contributed by atoms with Gasteiger partial charge in [-0.2, -0.15) is 0 Å². The Balaban J connectivity index is 1.23. The minimum absolute atomic E-state index is 0.0186. The van der Waals surface area contributed by atoms with Gasteiger partial charge in [0.1, 0.15) is 19.0 Å². The first-order valence-electron chi connectivity index (χ1n) is 10.5. The fourth-order valence-electron chi connectivity index (χ4n) is 3.72. The maximum absolute atomic E-state index is 12.7. The largest absolute Gasteiger partial charge is 0.493 e. The second-order valence-electron chi connectivity index (χ2n) is 8.60. The van der Waals surface area contributed by atoms with Gasteiger partial charge < -0.3 is 9.47 Å². The predicted octanol–water partition coefficient (Wildman–Crippen LogP) is 1.84. The van der Waals surface area contributed by atoms with E-state index in [9.17, 15) is 18.0 Å². The summed E-state index contributed by atoms with van der Waals surface area (Å²) in [6.45, 7) is 0.912. The third-order valence-corrected chi connectivity index (χ3v) is 7.74. The SMILES string of the molecule is O=C1CN(COCCCS(=O)(=O)CC2(c3cccc(OCC4CC4)c3)CC2)C(=O)N1. The first kappa shape index (κ1) is 21.1. The molecule has 0 aromatic heterocycles. The van der Waals surface area contributed by atoms with Crippen LogP contribution in [0.15, 0.2) is 24.3 Å². The lowest BCUT2D eigenvalue weighted by molar-refractivity contribution is -0.118. The third kappa shape index (κ3) is 5.51. The first-order valence-corrected chi connectivity index (χ1v) is 12.3. The number of nitrogens with zero attached hydrogens (tertiary/aromatic N) is 1. The summed E-state index contributed by atoms with van der Waals surface area (Å²) in [6.07, 6.45) is 4.55. The molecule has 164 valence electrons. The molecule has 3 amide bonds. The van der Waals surface area contributed by atoms with Crippen LogP contribution < -0.4 is 10.1 Å². The van der Waals surface area contributed by atoms with Crippen LogP contribution in [-0.2, 0) is 24.8 Å². The summed E-state index contributed by atoms with van der Waals surface area (Å²) in [5.74, 6) is 1.31. The molecule has 9 heteroatoms. The number of carbonyl (C=O) groups is 2. The lowest BCUT2D eigenvalue weighted by Gasteiger charge is -2.17. The molecule has 2 saturated carbocycles. The fourth-order valence-corrected chi connectivity index (χ4v) is 5.72. The van der Waals surface area contributed by atoms with Crippen molar-refractivity contribution in [1.82, 2.24) is 10.2 Å². The highest BCUT2D eigenvalue weighted by Crippen LogP contribution is 2.50. The highest BCUT2D eigenvalue weighted by molar-refractivity contribution is 7.91. The number of urea groups is 1. The number of imide groups is 1. The van der Waals surface area contributed by atoms with Crippen molar-refractivity contribution in [3.05, 3.63) is 29.8 Å². The van der Waals surface area contributed by atoms with Crippen LogP contribution in [0.5, 0.6) is 5.75 Å². The van der Waals surface area contributed by atoms with Gasteiger partial charge >= 0.3 is 6.03 Å². The van der Waals surface area contributed by atoms with Crippen molar-refractivity contribution in [2.24, 2.45) is 5.92 Å². The van der Waals surface area contributed by atoms with Gasteiger partial charge in [-0.05, 0) is 55.7 Å². The number of amides is 3. The smallest absolute Gasteiger partial charge is 0.326 e. The summed E-state index contributed by atoms with van der Waals surface area (Å²) >= 11 is 0. The molecule has 0 unspecified atom stereocenters. The van der Waals surface area contributed by atoms with E-state index in [2.05, 4.69) is 5.32 Å². The predicted molar refractivity (Wildman–Crippen MR) is 110 cm³/mol. The Labute approximate surface area is 176 Å². The van der Waals surface area contributed by atoms with Gasteiger partial charge in [0.2, 0.25) is 5.91 Å². The van der Waals surface area contributed by atoms with Gasteiger partial charge in [-0.25, -0.2) is 13.2 Å². The minimum atomic E-state index is -3.24. The van der Waals surface area contributed by atoms with Crippen molar-refractivity contribution in [1.29, 1.82) is 0 Å². The molecule has 0 spiro atoms. The Bertz CT molecular complexity index is 908. The maximum Gasteiger partial charge on any atom is 0.326 e. The van der Waals surface area contributed by atoms with E-state index in [-0.39, 0.29) is 42.7 Å². The molecular weight excluding hydrogens is 408 g/mol. The number of ether oxygens (including phenoxy) is 2. The van der Waals surface area contributed by atoms with Crippen LogP contribution in [0.4, 0.5) is 4.79 Å². The molecule has 4 rings (SSSR count). The Hall–Kier alpha value is -2.13. The van der Waals surface area contributed by atoms with Crippen LogP contribution >= 0.6 is 0 Å². The lowest BCUT2D eigenvalue weighted by Crippen LogP contribution is -2.30. The lowest BCUT2D eigenvalue weighted by atomic mass is 9.98. The molecule has 30 heavy (non-hydrogen) atoms. The zero-order chi connectivity index (χ0) is 21.2. The van der Waals surface area contributed by atoms with Gasteiger partial charge in [0, 0.05) is 12.0 Å². The zero-order valence-corrected chi connectivity index (χ0v) is 17.8. The quantitative estimate of drug-likeness (QED) is 0.396. The van der Waals surface area contributed by atoms with E-state index in [4.69, 9.17) is 9.47 Å². The van der Waals surface area contributed by atoms with E-state index < -0.39 is 15.9 Å². The van der Waals surface area contributed by atoms with Gasteiger partial charge in [0.15, 0.2) is 9.84 Å². The van der Waals surface area contributed by atoms with E-state index in [1.165, 1.54) is 17.7 Å². The van der Waals surface area contributed by atoms with Crippen LogP contribution in [0.2, 0.25) is 0 Å². The van der Waals surface area contributed by atoms with Crippen molar-refractivity contribution in [2.75, 3.05) is 38.0 Å². The highest BCUT2D eigenvalue weighted by Gasteiger charge is 2.47. The summed E-state index contributed by atoms with van der Waals surface area (Å²) < 4.78 is 36.6. The van der Waals surface area contributed by atoms with Crippen LogP contribution in [0.1, 0.15) is 37.7 Å². The van der Waals surface area contributed by atoms with Crippen LogP contribution in [0.3, 0.4) is 0 Å². The fraction of sp³-hybridized carbons (Fsp3) is 0.619. The summed E-state index contributed by atoms with van der Waals surface area (Å²) in [7, 11) is -3.24. The normalized spacial score (nSPS) is 20.3. The number of hydrogen-bond acceptors (Lipinski definition) is 6. The number of hydrogen-bond donors (Lipinski definition) is 1. The molecule has 2 aliphatic carbocycles. The maximum atomic E-state index is 12.7. The summed E-state index contributed by atoms with van der Waals surface area (Å²) in [4.78, 5) is 23.8. The minimum Gasteiger partial charge on any atom is -0.493 e. The zero-order valence-electron chi connectivity index (χ0n) is 17.0. The standard InChI is InChI=1S/C21H28N2O6S/c24-19-12-23(20(25)22-19)15-28-9-2-10-30(26,27)14-21(7-8-21)17-3-1-4-18(11-17)29-13-16-5-6-16/h1,3-4,11,16H,2,5-10,12-15H2,(H,22,24,25). The van der Waals surface area contributed by atoms with Crippen LogP contribution in [0.25, 0.3) is 0 Å². The van der Waals surface area contributed by atoms with Gasteiger partial charge in [0.25, 0.3) is 0 Å². The molecule has 1 aromatic carbocycles. The van der Waals surface area contributed by atoms with Gasteiger partial charge in [0.05, 0.1) is 18.1 Å². The number of nitrogens with one attached hydrogen (secondary N) is 1. The van der Waals surface area contributed by atoms with E-state index >= 15 is 0 Å². The Morgan fingerprint density at radius 3 is 2.67 bits per heavy atom. The molecular formula is C21H28N2O6S. The molecule has 1 heterocycles. The number of sulfone groups is 1. The summed E-state index contributed by atoms with van der Waals surface area (Å²) in [5.41, 5.74) is 0.743. The third-order valence-electron chi connectivity index (χ3n) is 5.84. The molecule has 1 saturated heterocycles. The number of rotatable bonds is 12. The topological polar surface area (TPSA) is 102 Å². The van der Waals surface area contributed by atoms with Crippen molar-refractivity contribution in [2.45, 2.75) is 37.5 Å². The van der Waals surface area contributed by atoms with E-state index in [1.54, 1.807) is 0 Å². The van der Waals surface area contributed by atoms with Crippen LogP contribution in [-0.4, -0.2) is 63.3 Å². The first-order chi connectivity index (χ1) is 14.4. The van der Waals surface area contributed by atoms with E-state index in [1.807, 2.05) is 24.3 Å². The Morgan fingerprint density at radius 1 is 1.20 bits per heavy atom. The molecule has 3 fully saturated rings. The van der Waals surface area contributed by atoms with Crippen LogP contribution in [0, 0.1) is 5.92 Å². The van der Waals surface area contributed by atoms with Crippen molar-refractivity contribution in [3.63, 3.8) is 0 Å². The van der Waals surface area contributed by atoms with E-state index in [0.717, 1.165) is 30.8 Å². The average Bonchev–Trinajstić information content (AvgIpc) is 3.61. The monoisotopic (exact) mass is 436 g/mol. The highest BCUT2D eigenvalue weighted by atomic mass is 32.2. The Kier molecular flexibility index (Phi) is 6.02. The van der Waals surface area contributed by atoms with Crippen molar-refractivity contribution < 1.29 is 27.5 Å². The second-order valence-corrected chi connectivity index (χ2v) is 10.8. The Morgan fingerprint density at radius 2 is 2.00 bits per heavy atom. The molecule has 8 nitrogen and oxygen atoms in total. The van der Waals surface area contributed by atoms with Gasteiger partial charge in [-0.15, -0.1) is 0 Å². The van der Waals surface area contributed by atoms with Crippen molar-refractivity contribution in [3.8, 4) is 5.75 Å². The summed E-state index contributed by atoms with van der Waals surface area (Å²) in [5, 5.41) is 2.16. The number of benzene rings is 1. The van der Waals surface area contributed by atoms with Gasteiger partial charge in [-0.3, -0.25) is 15.0 Å². The molecule has 3 aliphatic rings. The molecule has 1 aliphatic heterocycles.